The molecule has 0 amide bonds. The van der Waals surface area contributed by atoms with Gasteiger partial charge in [0, 0.05) is 21.5 Å². The molecular weight excluding hydrogens is 518 g/mol. The van der Waals surface area contributed by atoms with Crippen molar-refractivity contribution in [3.05, 3.63) is 164 Å². The van der Waals surface area contributed by atoms with Crippen molar-refractivity contribution in [2.75, 3.05) is 0 Å². The number of fused-ring (bicyclic) bond motifs is 6. The summed E-state index contributed by atoms with van der Waals surface area (Å²) in [4.78, 5) is 0. The third kappa shape index (κ3) is 3.79. The first-order chi connectivity index (χ1) is 21.3. The van der Waals surface area contributed by atoms with Crippen LogP contribution in [0.1, 0.15) is 0 Å². The summed E-state index contributed by atoms with van der Waals surface area (Å²) in [6.45, 7) is 0. The van der Waals surface area contributed by atoms with Crippen molar-refractivity contribution in [1.82, 2.24) is 4.40 Å². The molecule has 9 aromatic rings. The molecule has 0 saturated heterocycles. The number of hydrogen-bond acceptors (Lipinski definition) is 0. The molecule has 7 aromatic carbocycles. The lowest BCUT2D eigenvalue weighted by Gasteiger charge is -2.09. The Morgan fingerprint density at radius 3 is 1.35 bits per heavy atom. The quantitative estimate of drug-likeness (QED) is 0.207. The van der Waals surface area contributed by atoms with Crippen molar-refractivity contribution in [3.63, 3.8) is 0 Å². The molecule has 0 bridgehead atoms. The van der Waals surface area contributed by atoms with E-state index in [0.29, 0.717) is 0 Å². The highest BCUT2D eigenvalue weighted by Gasteiger charge is 2.19. The van der Waals surface area contributed by atoms with Crippen molar-refractivity contribution in [3.8, 4) is 44.5 Å². The normalized spacial score (nSPS) is 11.7. The molecule has 2 aromatic heterocycles. The maximum Gasteiger partial charge on any atom is 0.0620 e. The summed E-state index contributed by atoms with van der Waals surface area (Å²) >= 11 is 0. The summed E-state index contributed by atoms with van der Waals surface area (Å²) in [6.07, 6.45) is 0. The molecule has 43 heavy (non-hydrogen) atoms. The van der Waals surface area contributed by atoms with E-state index in [9.17, 15) is 0 Å². The summed E-state index contributed by atoms with van der Waals surface area (Å²) in [7, 11) is 0. The Morgan fingerprint density at radius 1 is 0.256 bits per heavy atom. The second kappa shape index (κ2) is 9.44. The van der Waals surface area contributed by atoms with Gasteiger partial charge in [-0.25, -0.2) is 0 Å². The van der Waals surface area contributed by atoms with Crippen LogP contribution in [-0.2, 0) is 0 Å². The van der Waals surface area contributed by atoms with Crippen LogP contribution in [0.15, 0.2) is 164 Å². The van der Waals surface area contributed by atoms with Crippen LogP contribution in [0.25, 0.3) is 82.6 Å². The number of aromatic nitrogens is 1. The van der Waals surface area contributed by atoms with E-state index in [2.05, 4.69) is 168 Å². The molecule has 0 aliphatic rings. The summed E-state index contributed by atoms with van der Waals surface area (Å²) in [6, 6.07) is 59.7. The second-order valence-corrected chi connectivity index (χ2v) is 11.4. The smallest absolute Gasteiger partial charge is 0.0620 e. The lowest BCUT2D eigenvalue weighted by molar-refractivity contribution is 1.37. The molecule has 0 radical (unpaired) electrons. The van der Waals surface area contributed by atoms with E-state index in [1.807, 2.05) is 0 Å². The SMILES string of the molecule is c1ccc(-c2cccc(-c3cccc(-c4ccc5c(c4)c4cc(-c6ccccc6)cc6c7ccccc7n5c64)c3)c2)cc1. The minimum Gasteiger partial charge on any atom is -0.308 e. The van der Waals surface area contributed by atoms with E-state index >= 15 is 0 Å². The Hall–Kier alpha value is -5.66. The maximum atomic E-state index is 2.46. The average molecular weight is 546 g/mol. The predicted molar refractivity (Wildman–Crippen MR) is 183 cm³/mol. The van der Waals surface area contributed by atoms with Crippen LogP contribution in [-0.4, -0.2) is 4.40 Å². The third-order valence-corrected chi connectivity index (χ3v) is 8.90. The molecule has 0 aliphatic carbocycles. The van der Waals surface area contributed by atoms with Crippen molar-refractivity contribution in [2.24, 2.45) is 0 Å². The maximum absolute atomic E-state index is 2.46. The Bertz CT molecular complexity index is 2430. The van der Waals surface area contributed by atoms with Gasteiger partial charge in [-0.2, -0.15) is 0 Å². The molecule has 0 atom stereocenters. The molecular formula is C42H27N. The third-order valence-electron chi connectivity index (χ3n) is 8.90. The van der Waals surface area contributed by atoms with E-state index < -0.39 is 0 Å². The lowest BCUT2D eigenvalue weighted by Crippen LogP contribution is -1.84. The van der Waals surface area contributed by atoms with Crippen molar-refractivity contribution in [2.45, 2.75) is 0 Å². The van der Waals surface area contributed by atoms with Crippen LogP contribution in [0, 0.1) is 0 Å². The van der Waals surface area contributed by atoms with Crippen molar-refractivity contribution < 1.29 is 0 Å². The summed E-state index contributed by atoms with van der Waals surface area (Å²) in [5.74, 6) is 0. The zero-order valence-electron chi connectivity index (χ0n) is 23.5. The largest absolute Gasteiger partial charge is 0.308 e. The standard InChI is InChI=1S/C42H27N/c1-3-11-28(12-4-1)30-15-9-16-31(23-30)32-17-10-18-33(24-32)34-21-22-41-37(25-34)39-27-35(29-13-5-2-6-14-29)26-38-36-19-7-8-20-40(36)43(41)42(38)39/h1-27H. The van der Waals surface area contributed by atoms with E-state index in [1.54, 1.807) is 0 Å². The van der Waals surface area contributed by atoms with Gasteiger partial charge >= 0.3 is 0 Å². The average Bonchev–Trinajstić information content (AvgIpc) is 3.60. The highest BCUT2D eigenvalue weighted by atomic mass is 14.9. The van der Waals surface area contributed by atoms with Gasteiger partial charge in [-0.3, -0.25) is 0 Å². The van der Waals surface area contributed by atoms with Crippen LogP contribution in [0.2, 0.25) is 0 Å². The zero-order chi connectivity index (χ0) is 28.3. The van der Waals surface area contributed by atoms with Gasteiger partial charge < -0.3 is 4.40 Å². The number of hydrogen-bond donors (Lipinski definition) is 0. The van der Waals surface area contributed by atoms with E-state index in [0.717, 1.165) is 0 Å². The molecule has 0 aliphatic heterocycles. The topological polar surface area (TPSA) is 4.41 Å². The van der Waals surface area contributed by atoms with Gasteiger partial charge in [-0.1, -0.05) is 121 Å². The molecule has 9 rings (SSSR count). The number of benzene rings is 7. The van der Waals surface area contributed by atoms with Crippen LogP contribution < -0.4 is 0 Å². The second-order valence-electron chi connectivity index (χ2n) is 11.4. The Balaban J connectivity index is 1.23. The van der Waals surface area contributed by atoms with E-state index in [1.165, 1.54) is 82.6 Å². The van der Waals surface area contributed by atoms with Gasteiger partial charge in [-0.05, 0) is 87.0 Å². The minimum atomic E-state index is 1.22. The lowest BCUT2D eigenvalue weighted by atomic mass is 9.95. The first kappa shape index (κ1) is 24.0. The van der Waals surface area contributed by atoms with Gasteiger partial charge in [0.15, 0.2) is 0 Å². The summed E-state index contributed by atoms with van der Waals surface area (Å²) < 4.78 is 2.46. The molecule has 0 saturated carbocycles. The van der Waals surface area contributed by atoms with E-state index in [-0.39, 0.29) is 0 Å². The van der Waals surface area contributed by atoms with Crippen molar-refractivity contribution in [1.29, 1.82) is 0 Å². The highest BCUT2D eigenvalue weighted by molar-refractivity contribution is 6.24. The first-order valence-electron chi connectivity index (χ1n) is 14.9. The molecule has 200 valence electrons. The van der Waals surface area contributed by atoms with Gasteiger partial charge in [0.05, 0.1) is 16.6 Å². The monoisotopic (exact) mass is 545 g/mol. The molecule has 0 N–H and O–H groups in total. The summed E-state index contributed by atoms with van der Waals surface area (Å²) in [5.41, 5.74) is 13.7. The van der Waals surface area contributed by atoms with E-state index in [4.69, 9.17) is 0 Å². The van der Waals surface area contributed by atoms with Crippen LogP contribution in [0.4, 0.5) is 0 Å². The molecule has 1 nitrogen and oxygen atoms in total. The first-order valence-corrected chi connectivity index (χ1v) is 14.9. The number of para-hydroxylation sites is 1. The highest BCUT2D eigenvalue weighted by Crippen LogP contribution is 2.42. The van der Waals surface area contributed by atoms with Crippen LogP contribution in [0.5, 0.6) is 0 Å². The Morgan fingerprint density at radius 2 is 0.698 bits per heavy atom. The van der Waals surface area contributed by atoms with Gasteiger partial charge in [0.1, 0.15) is 0 Å². The van der Waals surface area contributed by atoms with Crippen LogP contribution >= 0.6 is 0 Å². The molecule has 1 heteroatoms. The molecule has 2 heterocycles. The Kier molecular flexibility index (Phi) is 5.27. The van der Waals surface area contributed by atoms with Crippen molar-refractivity contribution >= 4 is 38.1 Å². The van der Waals surface area contributed by atoms with Gasteiger partial charge in [0.25, 0.3) is 0 Å². The zero-order valence-corrected chi connectivity index (χ0v) is 23.5. The minimum absolute atomic E-state index is 1.22. The summed E-state index contributed by atoms with van der Waals surface area (Å²) in [5, 5.41) is 5.20. The number of nitrogens with zero attached hydrogens (tertiary/aromatic N) is 1. The van der Waals surface area contributed by atoms with Gasteiger partial charge in [0.2, 0.25) is 0 Å². The fraction of sp³-hybridized carbons (Fsp3) is 0. The Labute approximate surface area is 250 Å². The van der Waals surface area contributed by atoms with Crippen LogP contribution in [0.3, 0.4) is 0 Å². The molecule has 0 spiro atoms. The molecule has 0 fully saturated rings. The number of rotatable bonds is 4. The fourth-order valence-corrected chi connectivity index (χ4v) is 6.86. The predicted octanol–water partition coefficient (Wildman–Crippen LogP) is 11.5. The molecule has 0 unspecified atom stereocenters. The van der Waals surface area contributed by atoms with Gasteiger partial charge in [-0.15, -0.1) is 0 Å². The fourth-order valence-electron chi connectivity index (χ4n) is 6.86.